The summed E-state index contributed by atoms with van der Waals surface area (Å²) in [5.74, 6) is -2.37. The SMILES string of the molecule is CCCOC[C@@H]1CCN(Cc2c(F)ccc(F)c2F)C1. The zero-order valence-corrected chi connectivity index (χ0v) is 11.7. The molecule has 0 unspecified atom stereocenters. The van der Waals surface area contributed by atoms with Gasteiger partial charge in [-0.3, -0.25) is 4.90 Å². The molecule has 0 bridgehead atoms. The minimum atomic E-state index is -1.07. The maximum atomic E-state index is 13.6. The summed E-state index contributed by atoms with van der Waals surface area (Å²) in [5.41, 5.74) is -0.180. The third-order valence-corrected chi connectivity index (χ3v) is 3.59. The Morgan fingerprint density at radius 1 is 1.25 bits per heavy atom. The molecule has 1 heterocycles. The summed E-state index contributed by atoms with van der Waals surface area (Å²) in [7, 11) is 0. The van der Waals surface area contributed by atoms with Gasteiger partial charge in [0.15, 0.2) is 11.6 Å². The van der Waals surface area contributed by atoms with Crippen LogP contribution in [0, 0.1) is 23.4 Å². The highest BCUT2D eigenvalue weighted by atomic mass is 19.2. The van der Waals surface area contributed by atoms with E-state index in [-0.39, 0.29) is 12.1 Å². The second-order valence-electron chi connectivity index (χ2n) is 5.29. The van der Waals surface area contributed by atoms with E-state index in [4.69, 9.17) is 4.74 Å². The van der Waals surface area contributed by atoms with Gasteiger partial charge >= 0.3 is 0 Å². The molecule has 1 aliphatic rings. The van der Waals surface area contributed by atoms with Crippen LogP contribution < -0.4 is 0 Å². The summed E-state index contributed by atoms with van der Waals surface area (Å²) in [6, 6.07) is 1.80. The molecule has 2 rings (SSSR count). The fourth-order valence-corrected chi connectivity index (χ4v) is 2.52. The average Bonchev–Trinajstić information content (AvgIpc) is 2.87. The molecule has 0 saturated carbocycles. The first-order chi connectivity index (χ1) is 9.61. The van der Waals surface area contributed by atoms with E-state index in [1.165, 1.54) is 0 Å². The third-order valence-electron chi connectivity index (χ3n) is 3.59. The molecule has 2 nitrogen and oxygen atoms in total. The lowest BCUT2D eigenvalue weighted by Crippen LogP contribution is -2.23. The second-order valence-corrected chi connectivity index (χ2v) is 5.29. The van der Waals surface area contributed by atoms with Crippen molar-refractivity contribution >= 4 is 0 Å². The minimum Gasteiger partial charge on any atom is -0.381 e. The molecule has 0 spiro atoms. The van der Waals surface area contributed by atoms with E-state index >= 15 is 0 Å². The fraction of sp³-hybridized carbons (Fsp3) is 0.600. The van der Waals surface area contributed by atoms with E-state index in [0.717, 1.165) is 44.7 Å². The number of rotatable bonds is 6. The highest BCUT2D eigenvalue weighted by molar-refractivity contribution is 5.21. The van der Waals surface area contributed by atoms with Crippen LogP contribution in [0.2, 0.25) is 0 Å². The number of hydrogen-bond donors (Lipinski definition) is 0. The van der Waals surface area contributed by atoms with Crippen LogP contribution in [0.4, 0.5) is 13.2 Å². The Morgan fingerprint density at radius 3 is 2.75 bits per heavy atom. The van der Waals surface area contributed by atoms with Gasteiger partial charge < -0.3 is 4.74 Å². The molecule has 1 aromatic carbocycles. The monoisotopic (exact) mass is 287 g/mol. The lowest BCUT2D eigenvalue weighted by molar-refractivity contribution is 0.101. The summed E-state index contributed by atoms with van der Waals surface area (Å²) >= 11 is 0. The normalized spacial score (nSPS) is 19.7. The lowest BCUT2D eigenvalue weighted by Gasteiger charge is -2.17. The zero-order valence-electron chi connectivity index (χ0n) is 11.7. The molecule has 1 saturated heterocycles. The molecule has 0 aliphatic carbocycles. The van der Waals surface area contributed by atoms with Gasteiger partial charge in [0, 0.05) is 25.3 Å². The molecule has 0 radical (unpaired) electrons. The maximum Gasteiger partial charge on any atom is 0.166 e. The van der Waals surface area contributed by atoms with Crippen LogP contribution in [0.15, 0.2) is 12.1 Å². The maximum absolute atomic E-state index is 13.6. The van der Waals surface area contributed by atoms with Crippen LogP contribution in [0.3, 0.4) is 0 Å². The number of benzene rings is 1. The van der Waals surface area contributed by atoms with Crippen LogP contribution in [0.1, 0.15) is 25.3 Å². The summed E-state index contributed by atoms with van der Waals surface area (Å²) in [6.45, 7) is 5.08. The molecule has 1 fully saturated rings. The third kappa shape index (κ3) is 3.73. The summed E-state index contributed by atoms with van der Waals surface area (Å²) in [6.07, 6.45) is 1.93. The lowest BCUT2D eigenvalue weighted by atomic mass is 10.1. The van der Waals surface area contributed by atoms with E-state index < -0.39 is 17.5 Å². The standard InChI is InChI=1S/C15H20F3NO/c1-2-7-20-10-11-5-6-19(8-11)9-12-13(16)3-4-14(17)15(12)18/h3-4,11H,2,5-10H2,1H3/t11-/m1/s1. The molecule has 1 aliphatic heterocycles. The van der Waals surface area contributed by atoms with E-state index in [2.05, 4.69) is 6.92 Å². The Kier molecular flexibility index (Phi) is 5.43. The quantitative estimate of drug-likeness (QED) is 0.587. The average molecular weight is 287 g/mol. The number of halogens is 3. The van der Waals surface area contributed by atoms with Crippen molar-refractivity contribution in [3.63, 3.8) is 0 Å². The molecule has 0 aromatic heterocycles. The Balaban J connectivity index is 1.91. The van der Waals surface area contributed by atoms with Gasteiger partial charge in [-0.15, -0.1) is 0 Å². The van der Waals surface area contributed by atoms with Crippen molar-refractivity contribution in [2.24, 2.45) is 5.92 Å². The molecule has 1 atom stereocenters. The number of ether oxygens (including phenoxy) is 1. The van der Waals surface area contributed by atoms with Crippen molar-refractivity contribution in [3.8, 4) is 0 Å². The van der Waals surface area contributed by atoms with Crippen LogP contribution in [0.25, 0.3) is 0 Å². The predicted molar refractivity (Wildman–Crippen MR) is 70.8 cm³/mol. The Morgan fingerprint density at radius 2 is 2.00 bits per heavy atom. The Bertz CT molecular complexity index is 453. The minimum absolute atomic E-state index is 0.111. The van der Waals surface area contributed by atoms with E-state index in [0.29, 0.717) is 12.5 Å². The highest BCUT2D eigenvalue weighted by Crippen LogP contribution is 2.22. The van der Waals surface area contributed by atoms with Gasteiger partial charge in [-0.05, 0) is 37.4 Å². The van der Waals surface area contributed by atoms with Crippen molar-refractivity contribution in [1.82, 2.24) is 4.90 Å². The Hall–Kier alpha value is -1.07. The number of hydrogen-bond acceptors (Lipinski definition) is 2. The number of likely N-dealkylation sites (tertiary alicyclic amines) is 1. The van der Waals surface area contributed by atoms with Crippen LogP contribution in [-0.2, 0) is 11.3 Å². The van der Waals surface area contributed by atoms with Gasteiger partial charge in [-0.1, -0.05) is 6.92 Å². The van der Waals surface area contributed by atoms with Crippen molar-refractivity contribution in [2.45, 2.75) is 26.3 Å². The molecule has 5 heteroatoms. The van der Waals surface area contributed by atoms with E-state index in [1.807, 2.05) is 4.90 Å². The first kappa shape index (κ1) is 15.3. The predicted octanol–water partition coefficient (Wildman–Crippen LogP) is 3.35. The van der Waals surface area contributed by atoms with Crippen molar-refractivity contribution in [2.75, 3.05) is 26.3 Å². The molecule has 112 valence electrons. The van der Waals surface area contributed by atoms with Crippen LogP contribution >= 0.6 is 0 Å². The van der Waals surface area contributed by atoms with Crippen LogP contribution in [0.5, 0.6) is 0 Å². The van der Waals surface area contributed by atoms with Crippen molar-refractivity contribution < 1.29 is 17.9 Å². The summed E-state index contributed by atoms with van der Waals surface area (Å²) < 4.78 is 45.8. The van der Waals surface area contributed by atoms with Crippen LogP contribution in [-0.4, -0.2) is 31.2 Å². The first-order valence-electron chi connectivity index (χ1n) is 7.04. The first-order valence-corrected chi connectivity index (χ1v) is 7.04. The summed E-state index contributed by atoms with van der Waals surface area (Å²) in [4.78, 5) is 1.95. The molecule has 0 amide bonds. The van der Waals surface area contributed by atoms with E-state index in [9.17, 15) is 13.2 Å². The molecule has 0 N–H and O–H groups in total. The zero-order chi connectivity index (χ0) is 14.5. The van der Waals surface area contributed by atoms with Crippen molar-refractivity contribution in [3.05, 3.63) is 35.1 Å². The topological polar surface area (TPSA) is 12.5 Å². The molecular weight excluding hydrogens is 267 g/mol. The highest BCUT2D eigenvalue weighted by Gasteiger charge is 2.25. The van der Waals surface area contributed by atoms with E-state index in [1.54, 1.807) is 0 Å². The second kappa shape index (κ2) is 7.09. The molecule has 20 heavy (non-hydrogen) atoms. The summed E-state index contributed by atoms with van der Waals surface area (Å²) in [5, 5.41) is 0. The fourth-order valence-electron chi connectivity index (χ4n) is 2.52. The van der Waals surface area contributed by atoms with Crippen molar-refractivity contribution in [1.29, 1.82) is 0 Å². The number of nitrogens with zero attached hydrogens (tertiary/aromatic N) is 1. The van der Waals surface area contributed by atoms with Gasteiger partial charge in [-0.25, -0.2) is 13.2 Å². The molecular formula is C15H20F3NO. The van der Waals surface area contributed by atoms with Gasteiger partial charge in [0.05, 0.1) is 6.61 Å². The van der Waals surface area contributed by atoms with Gasteiger partial charge in [0.25, 0.3) is 0 Å². The van der Waals surface area contributed by atoms with Gasteiger partial charge in [0.1, 0.15) is 5.82 Å². The smallest absolute Gasteiger partial charge is 0.166 e. The largest absolute Gasteiger partial charge is 0.381 e. The van der Waals surface area contributed by atoms with Gasteiger partial charge in [-0.2, -0.15) is 0 Å². The van der Waals surface area contributed by atoms with Gasteiger partial charge in [0.2, 0.25) is 0 Å². The Labute approximate surface area is 117 Å². The molecule has 1 aromatic rings.